The number of nitrogens with zero attached hydrogens (tertiary/aromatic N) is 5. The first kappa shape index (κ1) is 32.7. The number of hydrogen-bond acceptors (Lipinski definition) is 15. The summed E-state index contributed by atoms with van der Waals surface area (Å²) in [4.78, 5) is 38.9. The van der Waals surface area contributed by atoms with Crippen LogP contribution in [0.25, 0.3) is 11.2 Å². The second kappa shape index (κ2) is 12.4. The van der Waals surface area contributed by atoms with E-state index >= 15 is 0 Å². The number of nitrogens with two attached hydrogens (primary N) is 1. The highest BCUT2D eigenvalue weighted by molar-refractivity contribution is 8.55. The number of H-pyrrole nitrogens is 1. The summed E-state index contributed by atoms with van der Waals surface area (Å²) >= 11 is 0.689. The van der Waals surface area contributed by atoms with Crippen molar-refractivity contribution in [3.63, 3.8) is 0 Å². The van der Waals surface area contributed by atoms with Crippen molar-refractivity contribution in [1.82, 2.24) is 34.2 Å². The third kappa shape index (κ3) is 6.67. The number of aliphatic hydroxyl groups excluding tert-OH is 1. The van der Waals surface area contributed by atoms with Crippen LogP contribution in [0, 0.1) is 0 Å². The molecule has 7 N–H and O–H groups in total. The lowest BCUT2D eigenvalue weighted by molar-refractivity contribution is -0.149. The molecule has 4 heterocycles. The Balaban J connectivity index is 1.57. The molecule has 0 aromatic carbocycles. The Kier molecular flexibility index (Phi) is 9.46. The molecule has 0 bridgehead atoms. The van der Waals surface area contributed by atoms with E-state index < -0.39 is 67.1 Å². The molecule has 1 aliphatic heterocycles. The number of aromatic nitrogens is 6. The van der Waals surface area contributed by atoms with Gasteiger partial charge in [-0.15, -0.1) is 0 Å². The van der Waals surface area contributed by atoms with Crippen LogP contribution in [0.15, 0.2) is 11.1 Å². The molecule has 238 valence electrons. The Morgan fingerprint density at radius 3 is 2.67 bits per heavy atom. The number of ether oxygens (including phenoxy) is 3. The normalized spacial score (nSPS) is 24.3. The van der Waals surface area contributed by atoms with Crippen LogP contribution in [0.4, 0.5) is 5.95 Å². The third-order valence-electron chi connectivity index (χ3n) is 6.65. The zero-order valence-corrected chi connectivity index (χ0v) is 26.0. The second-order valence-corrected chi connectivity index (χ2v) is 14.6. The van der Waals surface area contributed by atoms with Gasteiger partial charge in [0, 0.05) is 12.8 Å². The first-order valence-electron chi connectivity index (χ1n) is 13.0. The molecule has 3 aromatic rings. The van der Waals surface area contributed by atoms with E-state index in [-0.39, 0.29) is 34.4 Å². The van der Waals surface area contributed by atoms with Gasteiger partial charge in [0.05, 0.1) is 31.8 Å². The largest absolute Gasteiger partial charge is 0.493 e. The number of aromatic hydroxyl groups is 1. The highest BCUT2D eigenvalue weighted by Gasteiger charge is 2.54. The van der Waals surface area contributed by atoms with Crippen molar-refractivity contribution >= 4 is 41.2 Å². The van der Waals surface area contributed by atoms with E-state index in [2.05, 4.69) is 25.0 Å². The molecule has 1 saturated heterocycles. The number of anilines is 1. The summed E-state index contributed by atoms with van der Waals surface area (Å²) < 4.78 is 38.6. The number of aliphatic hydroxyl groups is 2. The van der Waals surface area contributed by atoms with Gasteiger partial charge in [0.15, 0.2) is 17.4 Å². The molecular formula is C23H35N8O10PS. The molecular weight excluding hydrogens is 611 g/mol. The standard InChI is InChI=1S/C23H35N8O10PS/c1-10(2)40-19(34)11(3)29-42(37,43-8-12-17(33)27-22(35)30(12)5)39-7-13-15(32)23(4,36)20(41-13)31-9-25-14-16(31)26-21(24)28-18(14)38-6/h9-11,13,15,20,32-33,36H,7-8H2,1-6H3,(H,27,35)(H,29,37)(H2,24,26,28)/t11-,13-,15-,20-,23-,42?/m1/s1. The number of nitrogen functional groups attached to an aromatic ring is 1. The van der Waals surface area contributed by atoms with Crippen LogP contribution in [-0.2, 0) is 36.2 Å². The molecule has 18 nitrogen and oxygen atoms in total. The number of aromatic amines is 1. The van der Waals surface area contributed by atoms with Crippen LogP contribution in [0.2, 0.25) is 0 Å². The Morgan fingerprint density at radius 2 is 2.07 bits per heavy atom. The average Bonchev–Trinajstić information content (AvgIpc) is 3.52. The number of methoxy groups -OCH3 is 1. The van der Waals surface area contributed by atoms with Crippen LogP contribution >= 0.6 is 18.1 Å². The first-order chi connectivity index (χ1) is 20.1. The molecule has 0 saturated carbocycles. The van der Waals surface area contributed by atoms with Gasteiger partial charge in [0.1, 0.15) is 23.9 Å². The molecule has 0 radical (unpaired) electrons. The van der Waals surface area contributed by atoms with Gasteiger partial charge in [-0.2, -0.15) is 9.97 Å². The zero-order chi connectivity index (χ0) is 31.9. The van der Waals surface area contributed by atoms with Gasteiger partial charge in [0.2, 0.25) is 17.7 Å². The van der Waals surface area contributed by atoms with Gasteiger partial charge in [-0.1, -0.05) is 0 Å². The van der Waals surface area contributed by atoms with Crippen LogP contribution in [0.3, 0.4) is 0 Å². The fourth-order valence-electron chi connectivity index (χ4n) is 4.36. The van der Waals surface area contributed by atoms with Gasteiger partial charge in [-0.3, -0.25) is 23.5 Å². The van der Waals surface area contributed by atoms with Crippen LogP contribution in [-0.4, -0.2) is 94.0 Å². The Hall–Kier alpha value is -3.19. The zero-order valence-electron chi connectivity index (χ0n) is 24.2. The van der Waals surface area contributed by atoms with E-state index in [1.54, 1.807) is 13.8 Å². The van der Waals surface area contributed by atoms with Gasteiger partial charge < -0.3 is 39.8 Å². The molecule has 0 spiro atoms. The summed E-state index contributed by atoms with van der Waals surface area (Å²) in [5.74, 6) is -1.31. The fraction of sp³-hybridized carbons (Fsp3) is 0.609. The number of imidazole rings is 2. The highest BCUT2D eigenvalue weighted by atomic mass is 32.7. The average molecular weight is 647 g/mol. The molecule has 43 heavy (non-hydrogen) atoms. The number of hydrogen-bond donors (Lipinski definition) is 6. The highest BCUT2D eigenvalue weighted by Crippen LogP contribution is 2.58. The lowest BCUT2D eigenvalue weighted by atomic mass is 9.96. The minimum absolute atomic E-state index is 0.0967. The quantitative estimate of drug-likeness (QED) is 0.113. The maximum atomic E-state index is 14.0. The number of carbonyl (C=O) groups is 1. The Labute approximate surface area is 249 Å². The summed E-state index contributed by atoms with van der Waals surface area (Å²) in [5, 5.41) is 35.0. The molecule has 1 aliphatic rings. The minimum Gasteiger partial charge on any atom is -0.493 e. The van der Waals surface area contributed by atoms with E-state index in [9.17, 15) is 29.5 Å². The van der Waals surface area contributed by atoms with Crippen LogP contribution in [0.5, 0.6) is 11.8 Å². The minimum atomic E-state index is -4.05. The molecule has 1 fully saturated rings. The number of fused-ring (bicyclic) bond motifs is 1. The maximum Gasteiger partial charge on any atom is 0.328 e. The van der Waals surface area contributed by atoms with E-state index in [4.69, 9.17) is 24.5 Å². The predicted octanol–water partition coefficient (Wildman–Crippen LogP) is 0.147. The van der Waals surface area contributed by atoms with Crippen molar-refractivity contribution in [2.45, 2.75) is 69.6 Å². The lowest BCUT2D eigenvalue weighted by Gasteiger charge is -2.27. The summed E-state index contributed by atoms with van der Waals surface area (Å²) in [5.41, 5.74) is 3.83. The maximum absolute atomic E-state index is 14.0. The molecule has 0 amide bonds. The summed E-state index contributed by atoms with van der Waals surface area (Å²) in [7, 11) is 2.79. The van der Waals surface area contributed by atoms with Gasteiger partial charge in [-0.05, 0) is 39.1 Å². The number of carbonyl (C=O) groups excluding carboxylic acids is 1. The Bertz CT molecular complexity index is 1590. The van der Waals surface area contributed by atoms with Gasteiger partial charge >= 0.3 is 18.4 Å². The van der Waals surface area contributed by atoms with Crippen molar-refractivity contribution < 1.29 is 43.4 Å². The third-order valence-corrected chi connectivity index (χ3v) is 10.6. The Morgan fingerprint density at radius 1 is 1.37 bits per heavy atom. The monoisotopic (exact) mass is 646 g/mol. The number of rotatable bonds is 12. The summed E-state index contributed by atoms with van der Waals surface area (Å²) in [6.07, 6.45) is -3.14. The van der Waals surface area contributed by atoms with Crippen molar-refractivity contribution in [2.75, 3.05) is 19.5 Å². The van der Waals surface area contributed by atoms with Gasteiger partial charge in [-0.25, -0.2) is 14.9 Å². The SMILES string of the molecule is COc1nc(N)nc2c1ncn2[C@@H]1O[C@H](COP(=O)(N[C@H](C)C(=O)OC(C)C)SCc2c(O)[nH]c(=O)n2C)[C@@H](O)[C@@]1(C)O. The smallest absolute Gasteiger partial charge is 0.328 e. The number of esters is 1. The molecule has 1 unspecified atom stereocenters. The molecule has 6 atom stereocenters. The predicted molar refractivity (Wildman–Crippen MR) is 153 cm³/mol. The van der Waals surface area contributed by atoms with Crippen molar-refractivity contribution in [3.05, 3.63) is 22.5 Å². The van der Waals surface area contributed by atoms with Crippen molar-refractivity contribution in [1.29, 1.82) is 0 Å². The molecule has 0 aliphatic carbocycles. The van der Waals surface area contributed by atoms with Crippen LogP contribution < -0.4 is 21.2 Å². The van der Waals surface area contributed by atoms with Crippen LogP contribution in [0.1, 0.15) is 39.6 Å². The molecule has 20 heteroatoms. The molecule has 4 rings (SSSR count). The van der Waals surface area contributed by atoms with Crippen molar-refractivity contribution in [3.8, 4) is 11.8 Å². The topological polar surface area (TPSA) is 251 Å². The summed E-state index contributed by atoms with van der Waals surface area (Å²) in [6.45, 7) is 1.52. The number of nitrogens with one attached hydrogen (secondary N) is 2. The lowest BCUT2D eigenvalue weighted by Crippen LogP contribution is -2.44. The van der Waals surface area contributed by atoms with E-state index in [1.807, 2.05) is 0 Å². The summed E-state index contributed by atoms with van der Waals surface area (Å²) in [6, 6.07) is -1.09. The van der Waals surface area contributed by atoms with Crippen molar-refractivity contribution in [2.24, 2.45) is 7.05 Å². The van der Waals surface area contributed by atoms with E-state index in [0.29, 0.717) is 11.4 Å². The van der Waals surface area contributed by atoms with Gasteiger partial charge in [0.25, 0.3) is 0 Å². The second-order valence-electron chi connectivity index (χ2n) is 10.3. The van der Waals surface area contributed by atoms with E-state index in [0.717, 1.165) is 4.57 Å². The molecule has 3 aromatic heterocycles. The first-order valence-corrected chi connectivity index (χ1v) is 16.2. The fourth-order valence-corrected chi connectivity index (χ4v) is 8.11. The van der Waals surface area contributed by atoms with E-state index in [1.165, 1.54) is 38.9 Å².